The Morgan fingerprint density at radius 3 is 2.22 bits per heavy atom. The number of ether oxygens (including phenoxy) is 1. The van der Waals surface area contributed by atoms with E-state index in [0.717, 1.165) is 22.3 Å². The van der Waals surface area contributed by atoms with Crippen LogP contribution < -0.4 is 4.74 Å². The van der Waals surface area contributed by atoms with Gasteiger partial charge in [-0.25, -0.2) is 9.97 Å². The SMILES string of the molecule is [Cl][Pd+].[c-]1c(Oc2ccccn2)cc(-c2cnc(-c3ccccc3)o2)cc1-n1cc(-c2ccccc2)cn1. The third-order valence-electron chi connectivity index (χ3n) is 5.43. The summed E-state index contributed by atoms with van der Waals surface area (Å²) < 4.78 is 13.9. The summed E-state index contributed by atoms with van der Waals surface area (Å²) in [6.07, 6.45) is 7.19. The molecule has 3 aromatic carbocycles. The van der Waals surface area contributed by atoms with Crippen molar-refractivity contribution in [1.82, 2.24) is 19.7 Å². The fourth-order valence-corrected chi connectivity index (χ4v) is 3.73. The molecule has 8 heteroatoms. The van der Waals surface area contributed by atoms with Crippen molar-refractivity contribution < 1.29 is 27.3 Å². The first kappa shape index (κ1) is 24.7. The third-order valence-corrected chi connectivity index (χ3v) is 5.43. The van der Waals surface area contributed by atoms with E-state index < -0.39 is 0 Å². The Labute approximate surface area is 228 Å². The van der Waals surface area contributed by atoms with Crippen LogP contribution in [0.2, 0.25) is 0 Å². The van der Waals surface area contributed by atoms with Crippen LogP contribution in [0.25, 0.3) is 39.6 Å². The van der Waals surface area contributed by atoms with E-state index >= 15 is 0 Å². The predicted octanol–water partition coefficient (Wildman–Crippen LogP) is 7.54. The van der Waals surface area contributed by atoms with Gasteiger partial charge in [0.15, 0.2) is 0 Å². The van der Waals surface area contributed by atoms with Crippen LogP contribution in [-0.4, -0.2) is 19.7 Å². The summed E-state index contributed by atoms with van der Waals surface area (Å²) in [5, 5.41) is 4.57. The van der Waals surface area contributed by atoms with Gasteiger partial charge in [0.25, 0.3) is 0 Å². The van der Waals surface area contributed by atoms with Crippen molar-refractivity contribution in [3.63, 3.8) is 0 Å². The minimum Gasteiger partial charge on any atom is -0.466 e. The maximum Gasteiger partial charge on any atom is 0.226 e. The number of benzene rings is 3. The van der Waals surface area contributed by atoms with E-state index in [9.17, 15) is 0 Å². The molecule has 0 aliphatic heterocycles. The molecule has 184 valence electrons. The fourth-order valence-electron chi connectivity index (χ4n) is 3.73. The number of rotatable bonds is 6. The zero-order valence-corrected chi connectivity index (χ0v) is 21.6. The molecule has 0 atom stereocenters. The summed E-state index contributed by atoms with van der Waals surface area (Å²) in [4.78, 5) is 8.74. The molecular formula is C29H19ClN4O2Pd. The second kappa shape index (κ2) is 11.8. The van der Waals surface area contributed by atoms with Gasteiger partial charge in [-0.2, -0.15) is 5.10 Å². The predicted molar refractivity (Wildman–Crippen MR) is 139 cm³/mol. The Morgan fingerprint density at radius 1 is 0.757 bits per heavy atom. The van der Waals surface area contributed by atoms with Gasteiger partial charge in [-0.1, -0.05) is 60.2 Å². The number of nitrogens with zero attached hydrogens (tertiary/aromatic N) is 4. The van der Waals surface area contributed by atoms with E-state index in [4.69, 9.17) is 9.15 Å². The molecule has 0 aliphatic carbocycles. The number of aromatic nitrogens is 4. The van der Waals surface area contributed by atoms with Crippen LogP contribution in [0.5, 0.6) is 11.6 Å². The molecule has 0 saturated carbocycles. The Bertz CT molecular complexity index is 1480. The van der Waals surface area contributed by atoms with Crippen molar-refractivity contribution in [3.05, 3.63) is 122 Å². The van der Waals surface area contributed by atoms with Crippen molar-refractivity contribution in [3.8, 4) is 51.2 Å². The molecule has 0 spiro atoms. The van der Waals surface area contributed by atoms with Gasteiger partial charge in [0.1, 0.15) is 5.76 Å². The molecular weight excluding hydrogens is 578 g/mol. The Hall–Kier alpha value is -4.02. The first-order chi connectivity index (χ1) is 18.3. The molecule has 6 rings (SSSR count). The smallest absolute Gasteiger partial charge is 0.226 e. The maximum atomic E-state index is 6.10. The quantitative estimate of drug-likeness (QED) is 0.147. The first-order valence-electron chi connectivity index (χ1n) is 11.2. The topological polar surface area (TPSA) is 66.0 Å². The molecule has 3 heterocycles. The van der Waals surface area contributed by atoms with E-state index in [0.29, 0.717) is 29.0 Å². The molecule has 0 fully saturated rings. The Morgan fingerprint density at radius 2 is 1.49 bits per heavy atom. The summed E-state index contributed by atoms with van der Waals surface area (Å²) in [5.41, 5.74) is 4.49. The van der Waals surface area contributed by atoms with Gasteiger partial charge in [0.2, 0.25) is 11.8 Å². The molecule has 0 aliphatic rings. The molecule has 0 saturated heterocycles. The molecule has 0 radical (unpaired) electrons. The van der Waals surface area contributed by atoms with E-state index in [1.54, 1.807) is 23.1 Å². The van der Waals surface area contributed by atoms with Crippen molar-refractivity contribution in [2.24, 2.45) is 0 Å². The minimum absolute atomic E-state index is 0.472. The van der Waals surface area contributed by atoms with Gasteiger partial charge >= 0.3 is 27.7 Å². The number of halogens is 1. The average molecular weight is 597 g/mol. The van der Waals surface area contributed by atoms with Crippen LogP contribution >= 0.6 is 9.53 Å². The van der Waals surface area contributed by atoms with Gasteiger partial charge in [0.05, 0.1) is 12.4 Å². The Balaban J connectivity index is 0.00000137. The van der Waals surface area contributed by atoms with Crippen molar-refractivity contribution in [2.75, 3.05) is 0 Å². The zero-order chi connectivity index (χ0) is 25.5. The number of hydrogen-bond donors (Lipinski definition) is 0. The van der Waals surface area contributed by atoms with Crippen molar-refractivity contribution in [2.45, 2.75) is 0 Å². The normalized spacial score (nSPS) is 10.5. The van der Waals surface area contributed by atoms with Crippen LogP contribution in [0.15, 0.2) is 120 Å². The molecule has 6 aromatic rings. The molecule has 3 aromatic heterocycles. The van der Waals surface area contributed by atoms with Crippen molar-refractivity contribution >= 4 is 9.53 Å². The summed E-state index contributed by atoms with van der Waals surface area (Å²) >= 11 is 2.22. The van der Waals surface area contributed by atoms with Gasteiger partial charge in [-0.15, -0.1) is 18.2 Å². The Kier molecular flexibility index (Phi) is 7.87. The molecule has 0 unspecified atom stereocenters. The first-order valence-corrected chi connectivity index (χ1v) is 13.2. The largest absolute Gasteiger partial charge is 0.466 e. The van der Waals surface area contributed by atoms with Gasteiger partial charge in [-0.3, -0.25) is 4.68 Å². The second-order valence-electron chi connectivity index (χ2n) is 7.82. The van der Waals surface area contributed by atoms with Crippen LogP contribution in [0.3, 0.4) is 0 Å². The van der Waals surface area contributed by atoms with Crippen LogP contribution in [-0.2, 0) is 18.2 Å². The monoisotopic (exact) mass is 596 g/mol. The maximum absolute atomic E-state index is 6.10. The fraction of sp³-hybridized carbons (Fsp3) is 0. The van der Waals surface area contributed by atoms with E-state index in [1.807, 2.05) is 85.2 Å². The van der Waals surface area contributed by atoms with Crippen LogP contribution in [0.4, 0.5) is 0 Å². The molecule has 0 bridgehead atoms. The number of oxazole rings is 1. The molecule has 0 amide bonds. The van der Waals surface area contributed by atoms with Crippen LogP contribution in [0, 0.1) is 6.07 Å². The number of hydrogen-bond acceptors (Lipinski definition) is 5. The molecule has 0 N–H and O–H groups in total. The third kappa shape index (κ3) is 5.87. The van der Waals surface area contributed by atoms with Gasteiger partial charge in [0, 0.05) is 35.3 Å². The summed E-state index contributed by atoms with van der Waals surface area (Å²) in [6.45, 7) is 0. The van der Waals surface area contributed by atoms with E-state index in [-0.39, 0.29) is 0 Å². The number of pyridine rings is 1. The van der Waals surface area contributed by atoms with E-state index in [2.05, 4.69) is 61.0 Å². The summed E-state index contributed by atoms with van der Waals surface area (Å²) in [6, 6.07) is 32.5. The van der Waals surface area contributed by atoms with Crippen LogP contribution in [0.1, 0.15) is 0 Å². The van der Waals surface area contributed by atoms with Crippen molar-refractivity contribution in [1.29, 1.82) is 0 Å². The molecule has 37 heavy (non-hydrogen) atoms. The average Bonchev–Trinajstić information content (AvgIpc) is 3.67. The summed E-state index contributed by atoms with van der Waals surface area (Å²) in [7, 11) is 4.49. The zero-order valence-electron chi connectivity index (χ0n) is 19.3. The standard InChI is InChI=1S/C29H19N4O2.ClH.Pd/c1-3-9-21(10-4-1)24-18-32-33(20-24)25-15-23(16-26(17-25)34-28-13-7-8-14-30-28)27-19-31-29(35-27)22-11-5-2-6-12-22;;/h1-16,18-20H;1H;/q-1;;+2/p-1. The minimum atomic E-state index is 0.472. The van der Waals surface area contributed by atoms with Gasteiger partial charge < -0.3 is 9.15 Å². The molecule has 6 nitrogen and oxygen atoms in total. The second-order valence-corrected chi connectivity index (χ2v) is 7.82. The van der Waals surface area contributed by atoms with Gasteiger partial charge in [-0.05, 0) is 29.4 Å². The summed E-state index contributed by atoms with van der Waals surface area (Å²) in [5.74, 6) is 2.12. The van der Waals surface area contributed by atoms with E-state index in [1.165, 1.54) is 0 Å².